The van der Waals surface area contributed by atoms with E-state index in [1.165, 1.54) is 0 Å². The van der Waals surface area contributed by atoms with Crippen molar-refractivity contribution in [1.29, 1.82) is 0 Å². The molecule has 2 amide bonds. The fourth-order valence-corrected chi connectivity index (χ4v) is 3.68. The van der Waals surface area contributed by atoms with Crippen LogP contribution in [0.25, 0.3) is 0 Å². The predicted octanol–water partition coefficient (Wildman–Crippen LogP) is 2.41. The Morgan fingerprint density at radius 3 is 2.46 bits per heavy atom. The van der Waals surface area contributed by atoms with Gasteiger partial charge in [0.1, 0.15) is 11.8 Å². The third-order valence-electron chi connectivity index (χ3n) is 5.31. The molecule has 2 aromatic rings. The van der Waals surface area contributed by atoms with Crippen LogP contribution in [-0.4, -0.2) is 31.5 Å². The molecular weight excluding hydrogens is 354 g/mol. The van der Waals surface area contributed by atoms with Crippen LogP contribution in [-0.2, 0) is 4.79 Å². The van der Waals surface area contributed by atoms with E-state index < -0.39 is 6.04 Å². The van der Waals surface area contributed by atoms with Crippen LogP contribution >= 0.6 is 0 Å². The maximum atomic E-state index is 13.0. The second-order valence-electron chi connectivity index (χ2n) is 7.09. The summed E-state index contributed by atoms with van der Waals surface area (Å²) in [7, 11) is 1.57. The highest BCUT2D eigenvalue weighted by atomic mass is 16.5. The van der Waals surface area contributed by atoms with Crippen molar-refractivity contribution in [2.75, 3.05) is 13.7 Å². The summed E-state index contributed by atoms with van der Waals surface area (Å²) in [6, 6.07) is 15.3. The zero-order valence-corrected chi connectivity index (χ0v) is 16.1. The number of carbonyl (C=O) groups is 2. The Balaban J connectivity index is 1.76. The van der Waals surface area contributed by atoms with Gasteiger partial charge in [-0.1, -0.05) is 36.8 Å². The summed E-state index contributed by atoms with van der Waals surface area (Å²) >= 11 is 0. The minimum atomic E-state index is -0.769. The van der Waals surface area contributed by atoms with Crippen molar-refractivity contribution < 1.29 is 14.3 Å². The first kappa shape index (κ1) is 19.9. The molecule has 2 aromatic carbocycles. The molecule has 1 saturated carbocycles. The third-order valence-corrected chi connectivity index (χ3v) is 5.31. The van der Waals surface area contributed by atoms with Crippen molar-refractivity contribution in [1.82, 2.24) is 10.6 Å². The predicted molar refractivity (Wildman–Crippen MR) is 108 cm³/mol. The van der Waals surface area contributed by atoms with Crippen molar-refractivity contribution in [3.63, 3.8) is 0 Å². The third kappa shape index (κ3) is 4.70. The maximum Gasteiger partial charge on any atom is 0.252 e. The first-order valence-electron chi connectivity index (χ1n) is 9.62. The molecule has 1 aliphatic rings. The SMILES string of the molecule is COc1ccc(C(=O)NC(C(=O)NC2CCCC2CN)c2ccccc2)cc1. The number of amides is 2. The van der Waals surface area contributed by atoms with Gasteiger partial charge in [-0.05, 0) is 55.1 Å². The van der Waals surface area contributed by atoms with Crippen molar-refractivity contribution in [3.05, 3.63) is 65.7 Å². The molecule has 1 aliphatic carbocycles. The molecule has 0 radical (unpaired) electrons. The van der Waals surface area contributed by atoms with Gasteiger partial charge in [0, 0.05) is 11.6 Å². The molecule has 148 valence electrons. The lowest BCUT2D eigenvalue weighted by atomic mass is 10.0. The Morgan fingerprint density at radius 1 is 1.11 bits per heavy atom. The molecule has 0 aromatic heterocycles. The van der Waals surface area contributed by atoms with Gasteiger partial charge < -0.3 is 21.1 Å². The number of benzene rings is 2. The van der Waals surface area contributed by atoms with E-state index in [1.807, 2.05) is 30.3 Å². The van der Waals surface area contributed by atoms with Crippen molar-refractivity contribution in [2.45, 2.75) is 31.3 Å². The minimum absolute atomic E-state index is 0.0570. The van der Waals surface area contributed by atoms with E-state index in [4.69, 9.17) is 10.5 Å². The first-order chi connectivity index (χ1) is 13.6. The number of nitrogens with two attached hydrogens (primary N) is 1. The molecule has 0 heterocycles. The topological polar surface area (TPSA) is 93.4 Å². The normalized spacial score (nSPS) is 19.6. The molecular formula is C22H27N3O3. The van der Waals surface area contributed by atoms with Crippen molar-refractivity contribution in [3.8, 4) is 5.75 Å². The summed E-state index contributed by atoms with van der Waals surface area (Å²) in [5.74, 6) is 0.437. The highest BCUT2D eigenvalue weighted by molar-refractivity contribution is 5.98. The van der Waals surface area contributed by atoms with Gasteiger partial charge in [0.2, 0.25) is 5.91 Å². The fraction of sp³-hybridized carbons (Fsp3) is 0.364. The van der Waals surface area contributed by atoms with Gasteiger partial charge in [-0.25, -0.2) is 0 Å². The summed E-state index contributed by atoms with van der Waals surface area (Å²) in [5.41, 5.74) is 7.04. The van der Waals surface area contributed by atoms with Crippen LogP contribution in [0.3, 0.4) is 0 Å². The summed E-state index contributed by atoms with van der Waals surface area (Å²) in [4.78, 5) is 25.8. The van der Waals surface area contributed by atoms with Crippen LogP contribution in [0, 0.1) is 5.92 Å². The van der Waals surface area contributed by atoms with Gasteiger partial charge in [-0.2, -0.15) is 0 Å². The standard InChI is InChI=1S/C22H27N3O3/c1-28-18-12-10-16(11-13-18)21(26)25-20(15-6-3-2-4-7-15)22(27)24-19-9-5-8-17(19)14-23/h2-4,6-7,10-13,17,19-20H,5,8-9,14,23H2,1H3,(H,24,27)(H,25,26). The molecule has 0 aliphatic heterocycles. The van der Waals surface area contributed by atoms with Gasteiger partial charge in [0.25, 0.3) is 5.91 Å². The second kappa shape index (κ2) is 9.37. The largest absolute Gasteiger partial charge is 0.497 e. The number of methoxy groups -OCH3 is 1. The number of rotatable bonds is 7. The van der Waals surface area contributed by atoms with E-state index in [2.05, 4.69) is 10.6 Å². The number of ether oxygens (including phenoxy) is 1. The van der Waals surface area contributed by atoms with Crippen LogP contribution in [0.4, 0.5) is 0 Å². The van der Waals surface area contributed by atoms with E-state index >= 15 is 0 Å². The van der Waals surface area contributed by atoms with Gasteiger partial charge in [-0.3, -0.25) is 9.59 Å². The Kier molecular flexibility index (Phi) is 6.66. The molecule has 6 heteroatoms. The lowest BCUT2D eigenvalue weighted by Gasteiger charge is -2.24. The van der Waals surface area contributed by atoms with Crippen LogP contribution < -0.4 is 21.1 Å². The summed E-state index contributed by atoms with van der Waals surface area (Å²) in [6.07, 6.45) is 3.00. The molecule has 0 bridgehead atoms. The number of nitrogens with one attached hydrogen (secondary N) is 2. The van der Waals surface area contributed by atoms with Gasteiger partial charge in [0.05, 0.1) is 7.11 Å². The van der Waals surface area contributed by atoms with Crippen LogP contribution in [0.15, 0.2) is 54.6 Å². The smallest absolute Gasteiger partial charge is 0.252 e. The molecule has 3 unspecified atom stereocenters. The van der Waals surface area contributed by atoms with Gasteiger partial charge >= 0.3 is 0 Å². The second-order valence-corrected chi connectivity index (χ2v) is 7.09. The van der Waals surface area contributed by atoms with Crippen LogP contribution in [0.2, 0.25) is 0 Å². The monoisotopic (exact) mass is 381 g/mol. The molecule has 4 N–H and O–H groups in total. The Bertz CT molecular complexity index is 792. The average Bonchev–Trinajstić information content (AvgIpc) is 3.19. The lowest BCUT2D eigenvalue weighted by molar-refractivity contribution is -0.124. The Labute approximate surface area is 165 Å². The summed E-state index contributed by atoms with van der Waals surface area (Å²) < 4.78 is 5.13. The molecule has 1 fully saturated rings. The number of hydrogen-bond acceptors (Lipinski definition) is 4. The van der Waals surface area contributed by atoms with Gasteiger partial charge in [-0.15, -0.1) is 0 Å². The molecule has 6 nitrogen and oxygen atoms in total. The van der Waals surface area contributed by atoms with E-state index in [1.54, 1.807) is 31.4 Å². The van der Waals surface area contributed by atoms with E-state index in [0.717, 1.165) is 24.8 Å². The average molecular weight is 381 g/mol. The molecule has 28 heavy (non-hydrogen) atoms. The van der Waals surface area contributed by atoms with Crippen molar-refractivity contribution >= 4 is 11.8 Å². The van der Waals surface area contributed by atoms with E-state index in [9.17, 15) is 9.59 Å². The lowest BCUT2D eigenvalue weighted by Crippen LogP contribution is -2.46. The maximum absolute atomic E-state index is 13.0. The molecule has 0 spiro atoms. The fourth-order valence-electron chi connectivity index (χ4n) is 3.68. The molecule has 3 rings (SSSR count). The van der Waals surface area contributed by atoms with Gasteiger partial charge in [0.15, 0.2) is 0 Å². The zero-order chi connectivity index (χ0) is 19.9. The summed E-state index contributed by atoms with van der Waals surface area (Å²) in [5, 5.41) is 5.97. The number of hydrogen-bond donors (Lipinski definition) is 3. The summed E-state index contributed by atoms with van der Waals surface area (Å²) in [6.45, 7) is 0.555. The molecule has 3 atom stereocenters. The van der Waals surface area contributed by atoms with E-state index in [0.29, 0.717) is 17.9 Å². The highest BCUT2D eigenvalue weighted by Gasteiger charge is 2.31. The molecule has 0 saturated heterocycles. The van der Waals surface area contributed by atoms with Crippen LogP contribution in [0.1, 0.15) is 41.2 Å². The Hall–Kier alpha value is -2.86. The van der Waals surface area contributed by atoms with Crippen LogP contribution in [0.5, 0.6) is 5.75 Å². The Morgan fingerprint density at radius 2 is 1.82 bits per heavy atom. The number of carbonyl (C=O) groups excluding carboxylic acids is 2. The zero-order valence-electron chi connectivity index (χ0n) is 16.1. The van der Waals surface area contributed by atoms with Crippen molar-refractivity contribution in [2.24, 2.45) is 11.7 Å². The highest BCUT2D eigenvalue weighted by Crippen LogP contribution is 2.25. The first-order valence-corrected chi connectivity index (χ1v) is 9.62. The minimum Gasteiger partial charge on any atom is -0.497 e. The quantitative estimate of drug-likeness (QED) is 0.687. The van der Waals surface area contributed by atoms with E-state index in [-0.39, 0.29) is 23.8 Å².